The maximum Gasteiger partial charge on any atom is 0.288 e. The molecule has 2 N–H and O–H groups in total. The van der Waals surface area contributed by atoms with E-state index in [1.54, 1.807) is 30.5 Å². The van der Waals surface area contributed by atoms with Crippen molar-refractivity contribution in [1.82, 2.24) is 9.97 Å². The van der Waals surface area contributed by atoms with Gasteiger partial charge in [-0.15, -0.1) is 0 Å². The topological polar surface area (TPSA) is 91.2 Å². The van der Waals surface area contributed by atoms with Gasteiger partial charge in [0.15, 0.2) is 5.58 Å². The van der Waals surface area contributed by atoms with Gasteiger partial charge in [-0.25, -0.2) is 14.2 Å². The molecule has 2 aromatic heterocycles. The summed E-state index contributed by atoms with van der Waals surface area (Å²) in [5.41, 5.74) is 8.16. The van der Waals surface area contributed by atoms with Crippen molar-refractivity contribution >= 4 is 27.6 Å². The summed E-state index contributed by atoms with van der Waals surface area (Å²) in [6.07, 6.45) is 1.62. The van der Waals surface area contributed by atoms with Gasteiger partial charge < -0.3 is 14.9 Å². The summed E-state index contributed by atoms with van der Waals surface area (Å²) in [6.45, 7) is 0. The fourth-order valence-electron chi connectivity index (χ4n) is 1.94. The molecule has 6 nitrogen and oxygen atoms in total. The van der Waals surface area contributed by atoms with Crippen molar-refractivity contribution in [1.29, 1.82) is 0 Å². The highest BCUT2D eigenvalue weighted by atomic mass is 32.2. The third kappa shape index (κ3) is 2.73. The zero-order chi connectivity index (χ0) is 14.8. The van der Waals surface area contributed by atoms with E-state index in [1.165, 1.54) is 7.11 Å². The second-order valence-electron chi connectivity index (χ2n) is 4.37. The van der Waals surface area contributed by atoms with Gasteiger partial charge in [0.2, 0.25) is 5.88 Å². The molecular weight excluding hydrogens is 290 g/mol. The number of pyridine rings is 1. The first-order chi connectivity index (χ1) is 10.2. The molecule has 0 saturated heterocycles. The average Bonchev–Trinajstić information content (AvgIpc) is 2.91. The van der Waals surface area contributed by atoms with Crippen molar-refractivity contribution in [2.24, 2.45) is 0 Å². The first-order valence-electron chi connectivity index (χ1n) is 6.19. The van der Waals surface area contributed by atoms with Crippen LogP contribution in [-0.2, 0) is 16.6 Å². The minimum atomic E-state index is -1.42. The van der Waals surface area contributed by atoms with E-state index in [4.69, 9.17) is 14.9 Å². The lowest BCUT2D eigenvalue weighted by atomic mass is 10.3. The molecule has 0 aliphatic rings. The Morgan fingerprint density at radius 1 is 1.38 bits per heavy atom. The molecule has 0 bridgehead atoms. The minimum absolute atomic E-state index is 0.168. The van der Waals surface area contributed by atoms with E-state index in [-0.39, 0.29) is 11.0 Å². The first kappa shape index (κ1) is 13.6. The Morgan fingerprint density at radius 2 is 2.24 bits per heavy atom. The number of nitrogens with two attached hydrogens (primary N) is 1. The summed E-state index contributed by atoms with van der Waals surface area (Å²) >= 11 is 0. The minimum Gasteiger partial charge on any atom is -0.481 e. The lowest BCUT2D eigenvalue weighted by Crippen LogP contribution is -2.00. The van der Waals surface area contributed by atoms with Crippen molar-refractivity contribution in [3.05, 3.63) is 42.1 Å². The van der Waals surface area contributed by atoms with Gasteiger partial charge >= 0.3 is 0 Å². The number of benzene rings is 1. The van der Waals surface area contributed by atoms with E-state index in [9.17, 15) is 4.21 Å². The fraction of sp³-hybridized carbons (Fsp3) is 0.143. The van der Waals surface area contributed by atoms with Crippen LogP contribution in [0.2, 0.25) is 0 Å². The molecule has 0 fully saturated rings. The lowest BCUT2D eigenvalue weighted by molar-refractivity contribution is 0.394. The van der Waals surface area contributed by atoms with Gasteiger partial charge in [0.1, 0.15) is 16.3 Å². The highest BCUT2D eigenvalue weighted by molar-refractivity contribution is 7.84. The summed E-state index contributed by atoms with van der Waals surface area (Å²) in [4.78, 5) is 8.29. The molecule has 0 radical (unpaired) electrons. The smallest absolute Gasteiger partial charge is 0.288 e. The molecule has 0 saturated carbocycles. The second-order valence-corrected chi connectivity index (χ2v) is 5.70. The number of hydrogen-bond acceptors (Lipinski definition) is 6. The number of hydrogen-bond donors (Lipinski definition) is 1. The number of nitrogens with zero attached hydrogens (tertiary/aromatic N) is 2. The molecule has 1 atom stereocenters. The third-order valence-electron chi connectivity index (χ3n) is 2.92. The Balaban J connectivity index is 1.90. The van der Waals surface area contributed by atoms with Crippen LogP contribution in [0, 0.1) is 0 Å². The zero-order valence-electron chi connectivity index (χ0n) is 11.3. The van der Waals surface area contributed by atoms with Crippen LogP contribution in [0.25, 0.3) is 11.1 Å². The van der Waals surface area contributed by atoms with Gasteiger partial charge in [0.05, 0.1) is 12.9 Å². The van der Waals surface area contributed by atoms with E-state index >= 15 is 0 Å². The van der Waals surface area contributed by atoms with Crippen molar-refractivity contribution < 1.29 is 13.4 Å². The highest BCUT2D eigenvalue weighted by Crippen LogP contribution is 2.23. The van der Waals surface area contributed by atoms with Crippen LogP contribution < -0.4 is 10.5 Å². The molecule has 1 unspecified atom stereocenters. The monoisotopic (exact) mass is 303 g/mol. The fourth-order valence-corrected chi connectivity index (χ4v) is 2.95. The molecule has 3 aromatic rings. The Morgan fingerprint density at radius 3 is 3.05 bits per heavy atom. The van der Waals surface area contributed by atoms with Crippen LogP contribution in [0.4, 0.5) is 5.69 Å². The third-order valence-corrected chi connectivity index (χ3v) is 4.05. The van der Waals surface area contributed by atoms with Crippen LogP contribution >= 0.6 is 0 Å². The molecule has 21 heavy (non-hydrogen) atoms. The number of ether oxygens (including phenoxy) is 1. The number of oxazole rings is 1. The molecule has 1 aromatic carbocycles. The van der Waals surface area contributed by atoms with Gasteiger partial charge in [-0.3, -0.25) is 0 Å². The molecular formula is C14H13N3O3S. The number of anilines is 1. The van der Waals surface area contributed by atoms with E-state index in [1.807, 2.05) is 6.07 Å². The van der Waals surface area contributed by atoms with Gasteiger partial charge in [-0.1, -0.05) is 6.07 Å². The Kier molecular flexibility index (Phi) is 3.57. The number of fused-ring (bicyclic) bond motifs is 1. The first-order valence-corrected chi connectivity index (χ1v) is 7.51. The normalized spacial score (nSPS) is 12.4. The number of rotatable bonds is 4. The summed E-state index contributed by atoms with van der Waals surface area (Å²) in [5.74, 6) is 0.672. The molecule has 3 rings (SSSR count). The molecule has 7 heteroatoms. The highest BCUT2D eigenvalue weighted by Gasteiger charge is 2.16. The van der Waals surface area contributed by atoms with Gasteiger partial charge in [-0.2, -0.15) is 0 Å². The van der Waals surface area contributed by atoms with Crippen LogP contribution in [0.1, 0.15) is 5.56 Å². The predicted octanol–water partition coefficient (Wildman–Crippen LogP) is 2.12. The van der Waals surface area contributed by atoms with Crippen LogP contribution in [0.5, 0.6) is 5.88 Å². The Bertz CT molecular complexity index is 816. The molecule has 0 amide bonds. The molecule has 0 aliphatic carbocycles. The van der Waals surface area contributed by atoms with Crippen LogP contribution in [0.15, 0.2) is 46.2 Å². The van der Waals surface area contributed by atoms with Crippen LogP contribution in [0.3, 0.4) is 0 Å². The van der Waals surface area contributed by atoms with E-state index in [0.29, 0.717) is 22.7 Å². The summed E-state index contributed by atoms with van der Waals surface area (Å²) in [7, 11) is 0.101. The summed E-state index contributed by atoms with van der Waals surface area (Å²) in [6, 6.07) is 8.68. The van der Waals surface area contributed by atoms with Crippen molar-refractivity contribution in [2.75, 3.05) is 12.8 Å². The predicted molar refractivity (Wildman–Crippen MR) is 79.3 cm³/mol. The quantitative estimate of drug-likeness (QED) is 0.742. The molecule has 2 heterocycles. The second kappa shape index (κ2) is 5.53. The Hall–Kier alpha value is -2.41. The number of aromatic nitrogens is 2. The zero-order valence-corrected chi connectivity index (χ0v) is 12.1. The largest absolute Gasteiger partial charge is 0.481 e. The lowest BCUT2D eigenvalue weighted by Gasteiger charge is -2.04. The molecule has 0 aliphatic heterocycles. The molecule has 0 spiro atoms. The van der Waals surface area contributed by atoms with Crippen LogP contribution in [-0.4, -0.2) is 21.3 Å². The van der Waals surface area contributed by atoms with Gasteiger partial charge in [-0.05, 0) is 24.3 Å². The van der Waals surface area contributed by atoms with E-state index < -0.39 is 10.8 Å². The van der Waals surface area contributed by atoms with E-state index in [2.05, 4.69) is 9.97 Å². The Labute approximate surface area is 123 Å². The standard InChI is InChI=1S/C14H13N3O3S/c1-19-13-9(3-2-6-16-13)8-21(18)14-17-11-7-10(15)4-5-12(11)20-14/h2-7H,8,15H2,1H3. The summed E-state index contributed by atoms with van der Waals surface area (Å²) < 4.78 is 23.0. The number of methoxy groups -OCH3 is 1. The number of nitrogen functional groups attached to an aromatic ring is 1. The maximum absolute atomic E-state index is 12.4. The van der Waals surface area contributed by atoms with Crippen molar-refractivity contribution in [2.45, 2.75) is 11.0 Å². The van der Waals surface area contributed by atoms with Gasteiger partial charge in [0, 0.05) is 17.4 Å². The van der Waals surface area contributed by atoms with Crippen molar-refractivity contribution in [3.63, 3.8) is 0 Å². The molecule has 108 valence electrons. The van der Waals surface area contributed by atoms with E-state index in [0.717, 1.165) is 5.56 Å². The van der Waals surface area contributed by atoms with Gasteiger partial charge in [0.25, 0.3) is 5.22 Å². The SMILES string of the molecule is COc1ncccc1CS(=O)c1nc2cc(N)ccc2o1. The average molecular weight is 303 g/mol. The van der Waals surface area contributed by atoms with Crippen molar-refractivity contribution in [3.8, 4) is 5.88 Å². The maximum atomic E-state index is 12.4. The summed E-state index contributed by atoms with van der Waals surface area (Å²) in [5, 5.41) is 0.168.